The van der Waals surface area contributed by atoms with Crippen molar-refractivity contribution in [3.8, 4) is 6.01 Å². The second-order valence-corrected chi connectivity index (χ2v) is 5.45. The highest BCUT2D eigenvalue weighted by Gasteiger charge is 2.30. The molecule has 8 heteroatoms. The predicted octanol–water partition coefficient (Wildman–Crippen LogP) is 0.665. The van der Waals surface area contributed by atoms with Gasteiger partial charge in [0.2, 0.25) is 5.89 Å². The van der Waals surface area contributed by atoms with Crippen LogP contribution < -0.4 is 4.74 Å². The molecule has 0 bridgehead atoms. The molecule has 1 aliphatic rings. The van der Waals surface area contributed by atoms with Crippen molar-refractivity contribution in [2.24, 2.45) is 0 Å². The van der Waals surface area contributed by atoms with Crippen molar-refractivity contribution in [3.05, 3.63) is 29.7 Å². The van der Waals surface area contributed by atoms with E-state index in [1.165, 1.54) is 0 Å². The maximum absolute atomic E-state index is 5.33. The van der Waals surface area contributed by atoms with Crippen molar-refractivity contribution in [3.63, 3.8) is 0 Å². The van der Waals surface area contributed by atoms with Crippen molar-refractivity contribution < 1.29 is 9.26 Å². The number of hydrogen-bond acceptors (Lipinski definition) is 8. The van der Waals surface area contributed by atoms with Crippen LogP contribution in [0.25, 0.3) is 0 Å². The largest absolute Gasteiger partial charge is 0.467 e. The summed E-state index contributed by atoms with van der Waals surface area (Å²) in [5.41, 5.74) is 0.942. The van der Waals surface area contributed by atoms with Gasteiger partial charge in [0.15, 0.2) is 5.82 Å². The lowest BCUT2D eigenvalue weighted by Crippen LogP contribution is -2.46. The molecular weight excluding hydrogens is 284 g/mol. The van der Waals surface area contributed by atoms with E-state index in [9.17, 15) is 0 Å². The van der Waals surface area contributed by atoms with Gasteiger partial charge in [0, 0.05) is 32.4 Å². The summed E-state index contributed by atoms with van der Waals surface area (Å²) in [7, 11) is 3.65. The minimum atomic E-state index is 0.110. The molecule has 118 valence electrons. The SMILES string of the molecule is COc1nccc(CN2CCN(C)C(c3nc(C)no3)C2)n1. The zero-order valence-corrected chi connectivity index (χ0v) is 13.1. The molecule has 2 aromatic heterocycles. The Kier molecular flexibility index (Phi) is 4.30. The van der Waals surface area contributed by atoms with Crippen LogP contribution in [0.2, 0.25) is 0 Å². The Morgan fingerprint density at radius 2 is 2.23 bits per heavy atom. The Morgan fingerprint density at radius 1 is 1.36 bits per heavy atom. The summed E-state index contributed by atoms with van der Waals surface area (Å²) >= 11 is 0. The molecule has 3 rings (SSSR count). The van der Waals surface area contributed by atoms with Gasteiger partial charge in [-0.2, -0.15) is 9.97 Å². The second kappa shape index (κ2) is 6.37. The van der Waals surface area contributed by atoms with E-state index in [2.05, 4.69) is 37.0 Å². The van der Waals surface area contributed by atoms with Gasteiger partial charge in [-0.3, -0.25) is 9.80 Å². The quantitative estimate of drug-likeness (QED) is 0.815. The smallest absolute Gasteiger partial charge is 0.316 e. The van der Waals surface area contributed by atoms with E-state index in [4.69, 9.17) is 9.26 Å². The first-order valence-corrected chi connectivity index (χ1v) is 7.24. The molecule has 1 aliphatic heterocycles. The normalized spacial score (nSPS) is 20.2. The third-order valence-corrected chi connectivity index (χ3v) is 3.82. The van der Waals surface area contributed by atoms with Crippen LogP contribution in [0.5, 0.6) is 6.01 Å². The minimum absolute atomic E-state index is 0.110. The van der Waals surface area contributed by atoms with Gasteiger partial charge in [-0.25, -0.2) is 4.98 Å². The molecule has 22 heavy (non-hydrogen) atoms. The number of piperazine rings is 1. The Morgan fingerprint density at radius 3 is 2.95 bits per heavy atom. The summed E-state index contributed by atoms with van der Waals surface area (Å²) in [5, 5.41) is 3.89. The highest BCUT2D eigenvalue weighted by Crippen LogP contribution is 2.23. The highest BCUT2D eigenvalue weighted by molar-refractivity contribution is 5.06. The van der Waals surface area contributed by atoms with Gasteiger partial charge in [-0.1, -0.05) is 5.16 Å². The minimum Gasteiger partial charge on any atom is -0.467 e. The molecule has 0 aliphatic carbocycles. The topological polar surface area (TPSA) is 80.4 Å². The van der Waals surface area contributed by atoms with Crippen LogP contribution >= 0.6 is 0 Å². The molecule has 1 saturated heterocycles. The van der Waals surface area contributed by atoms with Crippen LogP contribution in [0, 0.1) is 6.92 Å². The zero-order chi connectivity index (χ0) is 15.5. The molecule has 0 saturated carbocycles. The number of hydrogen-bond donors (Lipinski definition) is 0. The number of methoxy groups -OCH3 is 1. The lowest BCUT2D eigenvalue weighted by Gasteiger charge is -2.37. The van der Waals surface area contributed by atoms with Gasteiger partial charge < -0.3 is 9.26 Å². The molecule has 2 aromatic rings. The summed E-state index contributed by atoms with van der Waals surface area (Å²) in [6.45, 7) is 5.31. The van der Waals surface area contributed by atoms with E-state index in [1.54, 1.807) is 13.3 Å². The monoisotopic (exact) mass is 304 g/mol. The van der Waals surface area contributed by atoms with Gasteiger partial charge in [-0.15, -0.1) is 0 Å². The average Bonchev–Trinajstić information content (AvgIpc) is 2.96. The maximum atomic E-state index is 5.33. The van der Waals surface area contributed by atoms with E-state index in [1.807, 2.05) is 13.0 Å². The third kappa shape index (κ3) is 3.23. The molecule has 0 aromatic carbocycles. The van der Waals surface area contributed by atoms with Gasteiger partial charge in [0.25, 0.3) is 0 Å². The molecule has 0 radical (unpaired) electrons. The van der Waals surface area contributed by atoms with Crippen molar-refractivity contribution in [1.29, 1.82) is 0 Å². The highest BCUT2D eigenvalue weighted by atomic mass is 16.5. The molecule has 1 unspecified atom stereocenters. The van der Waals surface area contributed by atoms with Gasteiger partial charge >= 0.3 is 6.01 Å². The lowest BCUT2D eigenvalue weighted by molar-refractivity contribution is 0.0706. The van der Waals surface area contributed by atoms with E-state index in [-0.39, 0.29) is 6.04 Å². The molecular formula is C14H20N6O2. The van der Waals surface area contributed by atoms with E-state index >= 15 is 0 Å². The number of likely N-dealkylation sites (N-methyl/N-ethyl adjacent to an activating group) is 1. The Bertz CT molecular complexity index is 631. The average molecular weight is 304 g/mol. The number of aryl methyl sites for hydroxylation is 1. The van der Waals surface area contributed by atoms with Crippen molar-refractivity contribution in [2.45, 2.75) is 19.5 Å². The fourth-order valence-electron chi connectivity index (χ4n) is 2.58. The van der Waals surface area contributed by atoms with Gasteiger partial charge in [0.1, 0.15) is 6.04 Å². The molecule has 0 N–H and O–H groups in total. The first-order chi connectivity index (χ1) is 10.7. The van der Waals surface area contributed by atoms with Crippen molar-refractivity contribution in [2.75, 3.05) is 33.8 Å². The second-order valence-electron chi connectivity index (χ2n) is 5.45. The molecule has 3 heterocycles. The van der Waals surface area contributed by atoms with E-state index in [0.29, 0.717) is 17.7 Å². The van der Waals surface area contributed by atoms with Crippen LogP contribution in [-0.2, 0) is 6.54 Å². The summed E-state index contributed by atoms with van der Waals surface area (Å²) in [5.74, 6) is 1.34. The van der Waals surface area contributed by atoms with Gasteiger partial charge in [0.05, 0.1) is 12.8 Å². The fourth-order valence-corrected chi connectivity index (χ4v) is 2.58. The van der Waals surface area contributed by atoms with Gasteiger partial charge in [-0.05, 0) is 20.0 Å². The number of ether oxygens (including phenoxy) is 1. The zero-order valence-electron chi connectivity index (χ0n) is 13.1. The molecule has 0 amide bonds. The maximum Gasteiger partial charge on any atom is 0.316 e. The number of aromatic nitrogens is 4. The Labute approximate surface area is 129 Å². The first-order valence-electron chi connectivity index (χ1n) is 7.24. The van der Waals surface area contributed by atoms with Crippen LogP contribution in [0.15, 0.2) is 16.8 Å². The first kappa shape index (κ1) is 14.9. The molecule has 1 atom stereocenters. The summed E-state index contributed by atoms with van der Waals surface area (Å²) in [4.78, 5) is 17.3. The Balaban J connectivity index is 1.70. The number of rotatable bonds is 4. The van der Waals surface area contributed by atoms with Crippen LogP contribution in [-0.4, -0.2) is 63.7 Å². The summed E-state index contributed by atoms with van der Waals surface area (Å²) in [6.07, 6.45) is 1.72. The molecule has 0 spiro atoms. The van der Waals surface area contributed by atoms with Crippen molar-refractivity contribution >= 4 is 0 Å². The third-order valence-electron chi connectivity index (χ3n) is 3.82. The predicted molar refractivity (Wildman–Crippen MR) is 78.3 cm³/mol. The fraction of sp³-hybridized carbons (Fsp3) is 0.571. The summed E-state index contributed by atoms with van der Waals surface area (Å²) < 4.78 is 10.4. The lowest BCUT2D eigenvalue weighted by atomic mass is 10.1. The summed E-state index contributed by atoms with van der Waals surface area (Å²) in [6, 6.07) is 2.42. The standard InChI is InChI=1S/C14H20N6O2/c1-10-16-13(22-18-10)12-9-20(7-6-19(12)2)8-11-4-5-15-14(17-11)21-3/h4-5,12H,6-9H2,1-3H3. The molecule has 8 nitrogen and oxygen atoms in total. The van der Waals surface area contributed by atoms with Crippen LogP contribution in [0.4, 0.5) is 0 Å². The van der Waals surface area contributed by atoms with Crippen LogP contribution in [0.1, 0.15) is 23.5 Å². The Hall–Kier alpha value is -2.06. The van der Waals surface area contributed by atoms with E-state index in [0.717, 1.165) is 31.9 Å². The number of nitrogens with zero attached hydrogens (tertiary/aromatic N) is 6. The van der Waals surface area contributed by atoms with Crippen LogP contribution in [0.3, 0.4) is 0 Å². The van der Waals surface area contributed by atoms with E-state index < -0.39 is 0 Å². The van der Waals surface area contributed by atoms with Crippen molar-refractivity contribution in [1.82, 2.24) is 29.9 Å². The molecule has 1 fully saturated rings.